The predicted molar refractivity (Wildman–Crippen MR) is 99.3 cm³/mol. The molecule has 0 aromatic heterocycles. The lowest BCUT2D eigenvalue weighted by molar-refractivity contribution is -0.115. The molecular formula is C18H26ClN3O3. The fourth-order valence-electron chi connectivity index (χ4n) is 3.22. The van der Waals surface area contributed by atoms with Gasteiger partial charge in [0.2, 0.25) is 5.91 Å². The van der Waals surface area contributed by atoms with Crippen LogP contribution in [0.25, 0.3) is 0 Å². The lowest BCUT2D eigenvalue weighted by Crippen LogP contribution is -2.34. The zero-order chi connectivity index (χ0) is 16.8. The molecule has 0 radical (unpaired) electrons. The van der Waals surface area contributed by atoms with E-state index in [0.717, 1.165) is 45.4 Å². The van der Waals surface area contributed by atoms with Crippen LogP contribution in [0.2, 0.25) is 0 Å². The SMILES string of the molecule is Cl.O=C(CNCC1CCCO1)Nc1ccccc1C(=O)N1CCCC1. The molecule has 2 fully saturated rings. The molecule has 1 unspecified atom stereocenters. The van der Waals surface area contributed by atoms with Gasteiger partial charge in [0, 0.05) is 26.2 Å². The third kappa shape index (κ3) is 5.42. The molecule has 25 heavy (non-hydrogen) atoms. The van der Waals surface area contributed by atoms with E-state index in [1.165, 1.54) is 0 Å². The number of hydrogen-bond acceptors (Lipinski definition) is 4. The predicted octanol–water partition coefficient (Wildman–Crippen LogP) is 2.05. The largest absolute Gasteiger partial charge is 0.377 e. The Bertz CT molecular complexity index is 585. The highest BCUT2D eigenvalue weighted by molar-refractivity contribution is 6.04. The molecule has 2 saturated heterocycles. The van der Waals surface area contributed by atoms with Crippen molar-refractivity contribution in [1.82, 2.24) is 10.2 Å². The maximum atomic E-state index is 12.6. The first-order valence-corrected chi connectivity index (χ1v) is 8.74. The number of nitrogens with zero attached hydrogens (tertiary/aromatic N) is 1. The Hall–Kier alpha value is -1.63. The van der Waals surface area contributed by atoms with Crippen LogP contribution in [-0.2, 0) is 9.53 Å². The summed E-state index contributed by atoms with van der Waals surface area (Å²) in [6.45, 7) is 3.30. The fraction of sp³-hybridized carbons (Fsp3) is 0.556. The van der Waals surface area contributed by atoms with Crippen molar-refractivity contribution >= 4 is 29.9 Å². The van der Waals surface area contributed by atoms with Gasteiger partial charge >= 0.3 is 0 Å². The zero-order valence-electron chi connectivity index (χ0n) is 14.3. The Balaban J connectivity index is 0.00000225. The summed E-state index contributed by atoms with van der Waals surface area (Å²) in [6, 6.07) is 7.21. The summed E-state index contributed by atoms with van der Waals surface area (Å²) < 4.78 is 5.52. The highest BCUT2D eigenvalue weighted by Gasteiger charge is 2.22. The highest BCUT2D eigenvalue weighted by Crippen LogP contribution is 2.20. The van der Waals surface area contributed by atoms with Gasteiger partial charge < -0.3 is 20.3 Å². The second kappa shape index (κ2) is 9.75. The highest BCUT2D eigenvalue weighted by atomic mass is 35.5. The molecule has 0 bridgehead atoms. The molecule has 2 N–H and O–H groups in total. The van der Waals surface area contributed by atoms with E-state index in [0.29, 0.717) is 17.8 Å². The van der Waals surface area contributed by atoms with Crippen LogP contribution in [0, 0.1) is 0 Å². The van der Waals surface area contributed by atoms with Gasteiger partial charge in [-0.1, -0.05) is 12.1 Å². The van der Waals surface area contributed by atoms with Crippen molar-refractivity contribution in [3.05, 3.63) is 29.8 Å². The number of hydrogen-bond donors (Lipinski definition) is 2. The van der Waals surface area contributed by atoms with E-state index in [4.69, 9.17) is 4.74 Å². The third-order valence-electron chi connectivity index (χ3n) is 4.51. The first-order chi connectivity index (χ1) is 11.7. The first kappa shape index (κ1) is 19.7. The van der Waals surface area contributed by atoms with E-state index in [1.54, 1.807) is 12.1 Å². The Morgan fingerprint density at radius 3 is 2.64 bits per heavy atom. The minimum absolute atomic E-state index is 0. The Morgan fingerprint density at radius 2 is 1.92 bits per heavy atom. The maximum Gasteiger partial charge on any atom is 0.255 e. The second-order valence-electron chi connectivity index (χ2n) is 6.36. The number of anilines is 1. The van der Waals surface area contributed by atoms with Gasteiger partial charge in [-0.15, -0.1) is 12.4 Å². The van der Waals surface area contributed by atoms with Gasteiger partial charge in [0.15, 0.2) is 0 Å². The summed E-state index contributed by atoms with van der Waals surface area (Å²) in [7, 11) is 0. The van der Waals surface area contributed by atoms with Gasteiger partial charge in [-0.2, -0.15) is 0 Å². The Labute approximate surface area is 154 Å². The topological polar surface area (TPSA) is 70.7 Å². The Morgan fingerprint density at radius 1 is 1.16 bits per heavy atom. The number of ether oxygens (including phenoxy) is 1. The lowest BCUT2D eigenvalue weighted by Gasteiger charge is -2.18. The smallest absolute Gasteiger partial charge is 0.255 e. The zero-order valence-corrected chi connectivity index (χ0v) is 15.1. The summed E-state index contributed by atoms with van der Waals surface area (Å²) in [5.41, 5.74) is 1.14. The van der Waals surface area contributed by atoms with Gasteiger partial charge in [-0.3, -0.25) is 9.59 Å². The molecular weight excluding hydrogens is 342 g/mol. The molecule has 0 aliphatic carbocycles. The number of benzene rings is 1. The normalized spacial score (nSPS) is 19.5. The van der Waals surface area contributed by atoms with Gasteiger partial charge in [0.25, 0.3) is 5.91 Å². The molecule has 1 aromatic carbocycles. The number of carbonyl (C=O) groups excluding carboxylic acids is 2. The van der Waals surface area contributed by atoms with Crippen molar-refractivity contribution < 1.29 is 14.3 Å². The van der Waals surface area contributed by atoms with Crippen LogP contribution in [-0.4, -0.2) is 55.6 Å². The van der Waals surface area contributed by atoms with Crippen molar-refractivity contribution in [1.29, 1.82) is 0 Å². The van der Waals surface area contributed by atoms with Crippen molar-refractivity contribution in [2.75, 3.05) is 38.1 Å². The minimum Gasteiger partial charge on any atom is -0.377 e. The van der Waals surface area contributed by atoms with E-state index in [1.807, 2.05) is 17.0 Å². The Kier molecular flexibility index (Phi) is 7.68. The quantitative estimate of drug-likeness (QED) is 0.807. The van der Waals surface area contributed by atoms with Gasteiger partial charge in [-0.25, -0.2) is 0 Å². The molecule has 0 spiro atoms. The second-order valence-corrected chi connectivity index (χ2v) is 6.36. The van der Waals surface area contributed by atoms with Gasteiger partial charge in [0.1, 0.15) is 0 Å². The monoisotopic (exact) mass is 367 g/mol. The lowest BCUT2D eigenvalue weighted by atomic mass is 10.1. The van der Waals surface area contributed by atoms with Crippen molar-refractivity contribution in [2.45, 2.75) is 31.8 Å². The number of carbonyl (C=O) groups is 2. The van der Waals surface area contributed by atoms with Gasteiger partial charge in [-0.05, 0) is 37.8 Å². The number of likely N-dealkylation sites (tertiary alicyclic amines) is 1. The van der Waals surface area contributed by atoms with Crippen LogP contribution < -0.4 is 10.6 Å². The van der Waals surface area contributed by atoms with E-state index in [-0.39, 0.29) is 36.9 Å². The van der Waals surface area contributed by atoms with E-state index >= 15 is 0 Å². The third-order valence-corrected chi connectivity index (χ3v) is 4.51. The summed E-state index contributed by atoms with van der Waals surface area (Å²) in [5, 5.41) is 5.97. The molecule has 2 aliphatic heterocycles. The van der Waals surface area contributed by atoms with Crippen LogP contribution in [0.4, 0.5) is 5.69 Å². The molecule has 1 aromatic rings. The number of amides is 2. The van der Waals surface area contributed by atoms with Crippen molar-refractivity contribution in [3.8, 4) is 0 Å². The van der Waals surface area contributed by atoms with Crippen LogP contribution in [0.15, 0.2) is 24.3 Å². The molecule has 138 valence electrons. The molecule has 2 heterocycles. The molecule has 7 heteroatoms. The van der Waals surface area contributed by atoms with E-state index < -0.39 is 0 Å². The van der Waals surface area contributed by atoms with Crippen LogP contribution in [0.5, 0.6) is 0 Å². The molecule has 6 nitrogen and oxygen atoms in total. The van der Waals surface area contributed by atoms with E-state index in [9.17, 15) is 9.59 Å². The fourth-order valence-corrected chi connectivity index (χ4v) is 3.22. The van der Waals surface area contributed by atoms with Crippen LogP contribution in [0.3, 0.4) is 0 Å². The summed E-state index contributed by atoms with van der Waals surface area (Å²) >= 11 is 0. The average Bonchev–Trinajstić information content (AvgIpc) is 3.28. The number of rotatable bonds is 6. The number of para-hydroxylation sites is 1. The summed E-state index contributed by atoms with van der Waals surface area (Å²) in [6.07, 6.45) is 4.44. The minimum atomic E-state index is -0.144. The van der Waals surface area contributed by atoms with Crippen LogP contribution in [0.1, 0.15) is 36.0 Å². The molecule has 1 atom stereocenters. The van der Waals surface area contributed by atoms with Crippen molar-refractivity contribution in [3.63, 3.8) is 0 Å². The molecule has 0 saturated carbocycles. The van der Waals surface area contributed by atoms with Crippen LogP contribution >= 0.6 is 12.4 Å². The number of nitrogens with one attached hydrogen (secondary N) is 2. The summed E-state index contributed by atoms with van der Waals surface area (Å²) in [5.74, 6) is -0.148. The maximum absolute atomic E-state index is 12.6. The molecule has 2 aliphatic rings. The van der Waals surface area contributed by atoms with Gasteiger partial charge in [0.05, 0.1) is 23.9 Å². The molecule has 3 rings (SSSR count). The molecule has 2 amide bonds. The van der Waals surface area contributed by atoms with Crippen molar-refractivity contribution in [2.24, 2.45) is 0 Å². The average molecular weight is 368 g/mol. The standard InChI is InChI=1S/C18H25N3O3.ClH/c22-17(13-19-12-14-6-5-11-24-14)20-16-8-2-1-7-15(16)18(23)21-9-3-4-10-21;/h1-2,7-8,14,19H,3-6,9-13H2,(H,20,22);1H. The van der Waals surface area contributed by atoms with E-state index in [2.05, 4.69) is 10.6 Å². The number of halogens is 1. The summed E-state index contributed by atoms with van der Waals surface area (Å²) in [4.78, 5) is 26.6. The first-order valence-electron chi connectivity index (χ1n) is 8.74.